The van der Waals surface area contributed by atoms with Crippen molar-refractivity contribution < 1.29 is 17.9 Å². The van der Waals surface area contributed by atoms with Crippen LogP contribution in [0.4, 0.5) is 0 Å². The van der Waals surface area contributed by atoms with Gasteiger partial charge in [0.25, 0.3) is 0 Å². The van der Waals surface area contributed by atoms with E-state index in [1.54, 1.807) is 7.11 Å². The molecule has 0 saturated heterocycles. The van der Waals surface area contributed by atoms with E-state index in [-0.39, 0.29) is 18.5 Å². The van der Waals surface area contributed by atoms with Crippen LogP contribution in [0.5, 0.6) is 5.75 Å². The number of rotatable bonds is 8. The molecule has 26 heavy (non-hydrogen) atoms. The van der Waals surface area contributed by atoms with Gasteiger partial charge in [0.15, 0.2) is 16.6 Å². The van der Waals surface area contributed by atoms with Gasteiger partial charge in [-0.05, 0) is 54.5 Å². The molecule has 0 radical (unpaired) electrons. The lowest BCUT2D eigenvalue weighted by atomic mass is 9.99. The molecule has 4 nitrogen and oxygen atoms in total. The van der Waals surface area contributed by atoms with Gasteiger partial charge in [-0.25, -0.2) is 8.42 Å². The molecule has 2 aromatic rings. The van der Waals surface area contributed by atoms with Gasteiger partial charge in [0.2, 0.25) is 0 Å². The number of benzene rings is 2. The average Bonchev–Trinajstić information content (AvgIpc) is 2.58. The van der Waals surface area contributed by atoms with E-state index < -0.39 is 9.84 Å². The number of aryl methyl sites for hydroxylation is 3. The van der Waals surface area contributed by atoms with Gasteiger partial charge in [-0.15, -0.1) is 0 Å². The zero-order valence-electron chi connectivity index (χ0n) is 16.2. The molecular formula is C21H28O4S. The Kier molecular flexibility index (Phi) is 6.84. The van der Waals surface area contributed by atoms with Crippen molar-refractivity contribution in [2.24, 2.45) is 0 Å². The van der Waals surface area contributed by atoms with E-state index in [2.05, 4.69) is 13.8 Å². The quantitative estimate of drug-likeness (QED) is 0.640. The van der Waals surface area contributed by atoms with E-state index in [1.165, 1.54) is 0 Å². The third-order valence-electron chi connectivity index (χ3n) is 4.41. The summed E-state index contributed by atoms with van der Waals surface area (Å²) in [6.07, 6.45) is 0.473. The molecule has 0 saturated carbocycles. The second kappa shape index (κ2) is 8.69. The van der Waals surface area contributed by atoms with Crippen molar-refractivity contribution in [3.05, 3.63) is 58.7 Å². The summed E-state index contributed by atoms with van der Waals surface area (Å²) < 4.78 is 36.2. The summed E-state index contributed by atoms with van der Waals surface area (Å²) >= 11 is 0. The SMILES string of the molecule is COCOc1ccc(CCS(=O)(=O)c2c(C)cccc2C)cc1C(C)C. The van der Waals surface area contributed by atoms with Gasteiger partial charge in [0.05, 0.1) is 10.6 Å². The predicted molar refractivity (Wildman–Crippen MR) is 105 cm³/mol. The maximum absolute atomic E-state index is 12.8. The van der Waals surface area contributed by atoms with Crippen LogP contribution in [0.25, 0.3) is 0 Å². The molecule has 0 atom stereocenters. The molecule has 0 heterocycles. The monoisotopic (exact) mass is 376 g/mol. The van der Waals surface area contributed by atoms with Gasteiger partial charge in [-0.2, -0.15) is 0 Å². The van der Waals surface area contributed by atoms with Crippen LogP contribution in [-0.2, 0) is 21.0 Å². The average molecular weight is 377 g/mol. The Morgan fingerprint density at radius 1 is 1.04 bits per heavy atom. The van der Waals surface area contributed by atoms with E-state index >= 15 is 0 Å². The Labute approximate surface area is 157 Å². The molecule has 0 unspecified atom stereocenters. The molecular weight excluding hydrogens is 348 g/mol. The van der Waals surface area contributed by atoms with Crippen molar-refractivity contribution in [3.8, 4) is 5.75 Å². The number of methoxy groups -OCH3 is 1. The molecule has 5 heteroatoms. The summed E-state index contributed by atoms with van der Waals surface area (Å²) in [5, 5.41) is 0. The second-order valence-electron chi connectivity index (χ2n) is 6.87. The third kappa shape index (κ3) is 4.86. The van der Waals surface area contributed by atoms with E-state index in [0.717, 1.165) is 28.0 Å². The van der Waals surface area contributed by atoms with E-state index in [0.29, 0.717) is 11.3 Å². The number of hydrogen-bond acceptors (Lipinski definition) is 4. The smallest absolute Gasteiger partial charge is 0.188 e. The molecule has 0 spiro atoms. The van der Waals surface area contributed by atoms with Gasteiger partial charge in [0, 0.05) is 7.11 Å². The first-order valence-electron chi connectivity index (χ1n) is 8.79. The lowest BCUT2D eigenvalue weighted by molar-refractivity contribution is 0.0502. The van der Waals surface area contributed by atoms with Crippen LogP contribution in [0.3, 0.4) is 0 Å². The Bertz CT molecular complexity index is 834. The molecule has 0 fully saturated rings. The highest BCUT2D eigenvalue weighted by Gasteiger charge is 2.20. The van der Waals surface area contributed by atoms with E-state index in [1.807, 2.05) is 50.2 Å². The van der Waals surface area contributed by atoms with Crippen molar-refractivity contribution in [1.82, 2.24) is 0 Å². The van der Waals surface area contributed by atoms with Crippen molar-refractivity contribution >= 4 is 9.84 Å². The minimum atomic E-state index is -3.33. The highest BCUT2D eigenvalue weighted by molar-refractivity contribution is 7.91. The van der Waals surface area contributed by atoms with Crippen molar-refractivity contribution in [1.29, 1.82) is 0 Å². The fourth-order valence-electron chi connectivity index (χ4n) is 3.10. The van der Waals surface area contributed by atoms with Crippen molar-refractivity contribution in [2.75, 3.05) is 19.7 Å². The third-order valence-corrected chi connectivity index (χ3v) is 6.42. The predicted octanol–water partition coefficient (Wildman–Crippen LogP) is 4.43. The molecule has 0 bridgehead atoms. The molecule has 2 rings (SSSR count). The molecule has 2 aromatic carbocycles. The van der Waals surface area contributed by atoms with Crippen LogP contribution < -0.4 is 4.74 Å². The zero-order chi connectivity index (χ0) is 19.3. The largest absolute Gasteiger partial charge is 0.467 e. The summed E-state index contributed by atoms with van der Waals surface area (Å²) in [5.74, 6) is 1.15. The Hall–Kier alpha value is -1.85. The zero-order valence-corrected chi connectivity index (χ0v) is 17.0. The topological polar surface area (TPSA) is 52.6 Å². The van der Waals surface area contributed by atoms with E-state index in [9.17, 15) is 8.42 Å². The molecule has 0 N–H and O–H groups in total. The lowest BCUT2D eigenvalue weighted by Gasteiger charge is -2.16. The molecule has 0 aliphatic heterocycles. The van der Waals surface area contributed by atoms with Crippen LogP contribution in [0.2, 0.25) is 0 Å². The molecule has 0 aliphatic carbocycles. The number of sulfone groups is 1. The first-order valence-corrected chi connectivity index (χ1v) is 10.4. The Morgan fingerprint density at radius 3 is 2.27 bits per heavy atom. The van der Waals surface area contributed by atoms with Crippen LogP contribution >= 0.6 is 0 Å². The maximum Gasteiger partial charge on any atom is 0.188 e. The summed E-state index contributed by atoms with van der Waals surface area (Å²) in [7, 11) is -1.74. The normalized spacial score (nSPS) is 11.8. The fourth-order valence-corrected chi connectivity index (χ4v) is 4.93. The van der Waals surface area contributed by atoms with Gasteiger partial charge < -0.3 is 9.47 Å². The highest BCUT2D eigenvalue weighted by Crippen LogP contribution is 2.28. The second-order valence-corrected chi connectivity index (χ2v) is 8.91. The van der Waals surface area contributed by atoms with Crippen LogP contribution in [0.1, 0.15) is 42.0 Å². The van der Waals surface area contributed by atoms with Crippen LogP contribution in [0.15, 0.2) is 41.3 Å². The maximum atomic E-state index is 12.8. The molecule has 142 valence electrons. The summed E-state index contributed by atoms with van der Waals surface area (Å²) in [5.41, 5.74) is 3.66. The van der Waals surface area contributed by atoms with E-state index in [4.69, 9.17) is 9.47 Å². The van der Waals surface area contributed by atoms with Crippen molar-refractivity contribution in [3.63, 3.8) is 0 Å². The lowest BCUT2D eigenvalue weighted by Crippen LogP contribution is -2.12. The van der Waals surface area contributed by atoms with Gasteiger partial charge in [-0.3, -0.25) is 0 Å². The summed E-state index contributed by atoms with van der Waals surface area (Å²) in [4.78, 5) is 0.462. The Morgan fingerprint density at radius 2 is 1.69 bits per heavy atom. The van der Waals surface area contributed by atoms with Gasteiger partial charge in [-0.1, -0.05) is 44.2 Å². The molecule has 0 amide bonds. The number of hydrogen-bond donors (Lipinski definition) is 0. The standard InChI is InChI=1S/C21H28O4S/c1-15(2)19-13-18(9-10-20(19)25-14-24-5)11-12-26(22,23)21-16(3)7-6-8-17(21)4/h6-10,13,15H,11-12,14H2,1-5H3. The van der Waals surface area contributed by atoms with Crippen molar-refractivity contribution in [2.45, 2.75) is 44.9 Å². The summed E-state index contributed by atoms with van der Waals surface area (Å²) in [6.45, 7) is 8.07. The molecule has 0 aromatic heterocycles. The highest BCUT2D eigenvalue weighted by atomic mass is 32.2. The van der Waals surface area contributed by atoms with Gasteiger partial charge in [0.1, 0.15) is 5.75 Å². The molecule has 0 aliphatic rings. The van der Waals surface area contributed by atoms with Gasteiger partial charge >= 0.3 is 0 Å². The minimum Gasteiger partial charge on any atom is -0.467 e. The number of ether oxygens (including phenoxy) is 2. The fraction of sp³-hybridized carbons (Fsp3) is 0.429. The Balaban J connectivity index is 2.22. The first-order chi connectivity index (χ1) is 12.3. The first kappa shape index (κ1) is 20.5. The van der Waals surface area contributed by atoms with Crippen LogP contribution in [0, 0.1) is 13.8 Å². The minimum absolute atomic E-state index is 0.0918. The summed E-state index contributed by atoms with van der Waals surface area (Å²) in [6, 6.07) is 11.4. The van der Waals surface area contributed by atoms with Crippen LogP contribution in [-0.4, -0.2) is 28.1 Å².